The van der Waals surface area contributed by atoms with Crippen LogP contribution in [0.1, 0.15) is 41.7 Å². The van der Waals surface area contributed by atoms with Crippen LogP contribution in [0.25, 0.3) is 16.6 Å². The summed E-state index contributed by atoms with van der Waals surface area (Å²) in [5.74, 6) is -3.87. The van der Waals surface area contributed by atoms with Gasteiger partial charge in [0.15, 0.2) is 0 Å². The second-order valence-corrected chi connectivity index (χ2v) is 10.6. The number of nitrogens with one attached hydrogen (secondary N) is 1. The van der Waals surface area contributed by atoms with E-state index in [1.54, 1.807) is 36.5 Å². The highest BCUT2D eigenvalue weighted by Gasteiger charge is 2.38. The number of benzene rings is 1. The zero-order chi connectivity index (χ0) is 35.1. The number of alkyl halides is 3. The van der Waals surface area contributed by atoms with Crippen LogP contribution in [0.2, 0.25) is 5.02 Å². The smallest absolute Gasteiger partial charge is 0.490 e. The largest absolute Gasteiger partial charge is 0.495 e. The van der Waals surface area contributed by atoms with Gasteiger partial charge in [-0.15, -0.1) is 0 Å². The summed E-state index contributed by atoms with van der Waals surface area (Å²) in [5, 5.41) is 24.1. The average molecular weight is 676 g/mol. The maximum Gasteiger partial charge on any atom is 0.490 e. The van der Waals surface area contributed by atoms with Gasteiger partial charge in [0, 0.05) is 34.1 Å². The molecule has 2 amide bonds. The molecule has 1 aromatic carbocycles. The van der Waals surface area contributed by atoms with Crippen LogP contribution in [-0.2, 0) is 9.59 Å². The van der Waals surface area contributed by atoms with Crippen LogP contribution in [0.4, 0.5) is 18.9 Å². The Kier molecular flexibility index (Phi) is 11.7. The quantitative estimate of drug-likeness (QED) is 0.191. The monoisotopic (exact) mass is 675 g/mol. The van der Waals surface area contributed by atoms with Gasteiger partial charge in [0.1, 0.15) is 11.8 Å². The van der Waals surface area contributed by atoms with Crippen molar-refractivity contribution in [2.45, 2.75) is 32.0 Å². The fourth-order valence-corrected chi connectivity index (χ4v) is 4.85. The number of nitrogens with zero attached hydrogens (tertiary/aromatic N) is 4. The standard InChI is InChI=1S/C28H28ClN7O4.C2HF3O2/c1-16(4-3-8-30)26(28(39)34-19-7-9-36-23(11-19)22(14-33-36)27(32)38)35-15-24(40-2)21(12-25(35)37)20-10-18(29)6-5-17(20)13-31;3-2(4,5)1(6)7/h5-7,9-12,14-16,26H,3-4,8,30H2,1-2H3,(H2,32,38)(H,34,39);(H,6,7)/t16?,26-;/m0./s1. The Hall–Kier alpha value is -5.40. The number of primary amides is 1. The van der Waals surface area contributed by atoms with Gasteiger partial charge >= 0.3 is 12.1 Å². The van der Waals surface area contributed by atoms with E-state index in [1.807, 2.05) is 6.92 Å². The van der Waals surface area contributed by atoms with E-state index in [0.717, 1.165) is 0 Å². The van der Waals surface area contributed by atoms with E-state index in [2.05, 4.69) is 16.5 Å². The minimum absolute atomic E-state index is 0.207. The number of carbonyl (C=O) groups excluding carboxylic acids is 2. The molecule has 2 atom stereocenters. The summed E-state index contributed by atoms with van der Waals surface area (Å²) >= 11 is 6.18. The number of hydrogen-bond acceptors (Lipinski definition) is 8. The lowest BCUT2D eigenvalue weighted by molar-refractivity contribution is -0.192. The van der Waals surface area contributed by atoms with Crippen molar-refractivity contribution < 1.29 is 37.4 Å². The van der Waals surface area contributed by atoms with E-state index in [-0.39, 0.29) is 17.2 Å². The number of rotatable bonds is 10. The number of nitriles is 1. The molecule has 0 fully saturated rings. The van der Waals surface area contributed by atoms with Gasteiger partial charge in [-0.25, -0.2) is 9.31 Å². The third-order valence-electron chi connectivity index (χ3n) is 6.92. The molecule has 47 heavy (non-hydrogen) atoms. The fourth-order valence-electron chi connectivity index (χ4n) is 4.68. The van der Waals surface area contributed by atoms with E-state index >= 15 is 0 Å². The summed E-state index contributed by atoms with van der Waals surface area (Å²) in [7, 11) is 1.44. The number of amides is 2. The van der Waals surface area contributed by atoms with Crippen LogP contribution in [0.5, 0.6) is 5.75 Å². The number of methoxy groups -OCH3 is 1. The first-order chi connectivity index (χ1) is 22.1. The Morgan fingerprint density at radius 3 is 2.45 bits per heavy atom. The van der Waals surface area contributed by atoms with Gasteiger partial charge in [-0.2, -0.15) is 23.5 Å². The number of fused-ring (bicyclic) bond motifs is 1. The maximum absolute atomic E-state index is 13.7. The maximum atomic E-state index is 13.7. The molecule has 0 aliphatic carbocycles. The molecule has 0 saturated heterocycles. The van der Waals surface area contributed by atoms with Gasteiger partial charge < -0.3 is 26.6 Å². The van der Waals surface area contributed by atoms with Gasteiger partial charge in [-0.1, -0.05) is 18.5 Å². The number of hydrogen-bond donors (Lipinski definition) is 4. The molecule has 4 aromatic rings. The molecule has 6 N–H and O–H groups in total. The molecular weight excluding hydrogens is 647 g/mol. The number of pyridine rings is 2. The summed E-state index contributed by atoms with van der Waals surface area (Å²) in [5.41, 5.74) is 12.9. The molecule has 0 radical (unpaired) electrons. The number of ether oxygens (including phenoxy) is 1. The fraction of sp³-hybridized carbons (Fsp3) is 0.267. The minimum atomic E-state index is -5.08. The molecule has 0 saturated carbocycles. The summed E-state index contributed by atoms with van der Waals surface area (Å²) in [6.45, 7) is 2.29. The molecule has 4 rings (SSSR count). The van der Waals surface area contributed by atoms with Crippen molar-refractivity contribution in [1.29, 1.82) is 5.26 Å². The number of aromatic nitrogens is 3. The molecule has 248 valence electrons. The number of anilines is 1. The van der Waals surface area contributed by atoms with Crippen molar-refractivity contribution in [3.05, 3.63) is 81.5 Å². The molecule has 0 aliphatic rings. The Morgan fingerprint density at radius 1 is 1.19 bits per heavy atom. The van der Waals surface area contributed by atoms with Crippen LogP contribution in [-0.4, -0.2) is 56.9 Å². The number of aliphatic carboxylic acids is 1. The van der Waals surface area contributed by atoms with Crippen molar-refractivity contribution in [3.8, 4) is 22.9 Å². The zero-order valence-corrected chi connectivity index (χ0v) is 25.7. The van der Waals surface area contributed by atoms with E-state index in [9.17, 15) is 32.8 Å². The summed E-state index contributed by atoms with van der Waals surface area (Å²) in [6.07, 6.45) is 0.546. The minimum Gasteiger partial charge on any atom is -0.495 e. The molecule has 3 aromatic heterocycles. The van der Waals surface area contributed by atoms with Crippen molar-refractivity contribution in [1.82, 2.24) is 14.2 Å². The van der Waals surface area contributed by atoms with Gasteiger partial charge in [-0.3, -0.25) is 19.0 Å². The average Bonchev–Trinajstić information content (AvgIpc) is 3.44. The molecule has 17 heteroatoms. The predicted octanol–water partition coefficient (Wildman–Crippen LogP) is 3.98. The van der Waals surface area contributed by atoms with Gasteiger partial charge in [0.2, 0.25) is 5.91 Å². The molecule has 0 aliphatic heterocycles. The van der Waals surface area contributed by atoms with Crippen molar-refractivity contribution in [2.24, 2.45) is 17.4 Å². The molecular formula is C30H29ClF3N7O6. The molecule has 13 nitrogen and oxygen atoms in total. The zero-order valence-electron chi connectivity index (χ0n) is 24.9. The summed E-state index contributed by atoms with van der Waals surface area (Å²) < 4.78 is 40.1. The van der Waals surface area contributed by atoms with Crippen molar-refractivity contribution >= 4 is 40.6 Å². The first kappa shape index (κ1) is 36.1. The second-order valence-electron chi connectivity index (χ2n) is 10.1. The Labute approximate surface area is 270 Å². The lowest BCUT2D eigenvalue weighted by atomic mass is 9.94. The van der Waals surface area contributed by atoms with Gasteiger partial charge in [0.05, 0.1) is 42.2 Å². The highest BCUT2D eigenvalue weighted by Crippen LogP contribution is 2.34. The second kappa shape index (κ2) is 15.3. The van der Waals surface area contributed by atoms with Crippen LogP contribution < -0.4 is 27.1 Å². The Morgan fingerprint density at radius 2 is 1.87 bits per heavy atom. The lowest BCUT2D eigenvalue weighted by Gasteiger charge is -2.26. The molecule has 0 spiro atoms. The third kappa shape index (κ3) is 8.66. The van der Waals surface area contributed by atoms with Gasteiger partial charge in [-0.05, 0) is 55.6 Å². The van der Waals surface area contributed by atoms with Crippen LogP contribution in [0, 0.1) is 17.2 Å². The Bertz CT molecular complexity index is 1900. The number of carboxylic acid groups (broad SMARTS) is 1. The van der Waals surface area contributed by atoms with Crippen molar-refractivity contribution in [3.63, 3.8) is 0 Å². The number of halogens is 4. The topological polar surface area (TPSA) is 208 Å². The van der Waals surface area contributed by atoms with Crippen molar-refractivity contribution in [2.75, 3.05) is 19.0 Å². The first-order valence-electron chi connectivity index (χ1n) is 13.7. The normalized spacial score (nSPS) is 12.3. The first-order valence-corrected chi connectivity index (χ1v) is 14.1. The third-order valence-corrected chi connectivity index (χ3v) is 7.16. The predicted molar refractivity (Wildman–Crippen MR) is 165 cm³/mol. The highest BCUT2D eigenvalue weighted by molar-refractivity contribution is 6.31. The SMILES string of the molecule is COc1cn([C@H](C(=O)Nc2ccn3ncc(C(N)=O)c3c2)C(C)CCCN)c(=O)cc1-c1cc(Cl)ccc1C#N.O=C(O)C(F)(F)F. The number of carboxylic acids is 1. The molecule has 1 unspecified atom stereocenters. The summed E-state index contributed by atoms with van der Waals surface area (Å²) in [4.78, 5) is 47.9. The number of nitrogens with two attached hydrogens (primary N) is 2. The van der Waals surface area contributed by atoms with Gasteiger partial charge in [0.25, 0.3) is 11.5 Å². The highest BCUT2D eigenvalue weighted by atomic mass is 35.5. The van der Waals surface area contributed by atoms with Crippen LogP contribution >= 0.6 is 11.6 Å². The van der Waals surface area contributed by atoms with E-state index < -0.39 is 35.6 Å². The lowest BCUT2D eigenvalue weighted by Crippen LogP contribution is -2.37. The molecule has 0 bridgehead atoms. The Balaban J connectivity index is 0.000000771. The van der Waals surface area contributed by atoms with Crippen LogP contribution in [0.15, 0.2) is 59.8 Å². The van der Waals surface area contributed by atoms with E-state index in [4.69, 9.17) is 37.7 Å². The van der Waals surface area contributed by atoms with E-state index in [1.165, 1.54) is 34.7 Å². The van der Waals surface area contributed by atoms with E-state index in [0.29, 0.717) is 52.3 Å². The number of carbonyl (C=O) groups is 3. The summed E-state index contributed by atoms with van der Waals surface area (Å²) in [6, 6.07) is 10.4. The molecule has 3 heterocycles. The van der Waals surface area contributed by atoms with Crippen LogP contribution in [0.3, 0.4) is 0 Å².